The van der Waals surface area contributed by atoms with Gasteiger partial charge in [-0.05, 0) is 69.4 Å². The highest BCUT2D eigenvalue weighted by molar-refractivity contribution is 9.11. The Balaban J connectivity index is 2.82. The number of hydrogen-bond donors (Lipinski definition) is 2. The van der Waals surface area contributed by atoms with Crippen molar-refractivity contribution in [2.75, 3.05) is 6.54 Å². The molecule has 0 aliphatic carbocycles. The minimum atomic E-state index is -0.993. The van der Waals surface area contributed by atoms with E-state index >= 15 is 0 Å². The summed E-state index contributed by atoms with van der Waals surface area (Å²) in [5.41, 5.74) is 1.10. The summed E-state index contributed by atoms with van der Waals surface area (Å²) < 4.78 is 6.88. The first-order chi connectivity index (χ1) is 8.95. The van der Waals surface area contributed by atoms with Crippen molar-refractivity contribution in [2.24, 2.45) is 0 Å². The van der Waals surface area contributed by atoms with E-state index in [2.05, 4.69) is 44.1 Å². The summed E-state index contributed by atoms with van der Waals surface area (Å²) in [5, 5.41) is 12.2. The molecule has 1 aromatic rings. The second-order valence-electron chi connectivity index (χ2n) is 4.16. The van der Waals surface area contributed by atoms with Crippen LogP contribution >= 0.6 is 31.9 Å². The zero-order valence-corrected chi connectivity index (χ0v) is 14.0. The van der Waals surface area contributed by atoms with Gasteiger partial charge in [-0.15, -0.1) is 0 Å². The third kappa shape index (κ3) is 5.12. The number of rotatable bonds is 7. The van der Waals surface area contributed by atoms with Crippen molar-refractivity contribution in [3.63, 3.8) is 0 Å². The van der Waals surface area contributed by atoms with Gasteiger partial charge in [0.15, 0.2) is 6.10 Å². The van der Waals surface area contributed by atoms with Crippen molar-refractivity contribution < 1.29 is 14.6 Å². The molecule has 0 amide bonds. The summed E-state index contributed by atoms with van der Waals surface area (Å²) in [6.07, 6.45) is 0.191. The number of carboxylic acid groups (broad SMARTS) is 1. The maximum Gasteiger partial charge on any atom is 0.344 e. The van der Waals surface area contributed by atoms with Gasteiger partial charge in [-0.25, -0.2) is 4.79 Å². The maximum absolute atomic E-state index is 10.8. The van der Waals surface area contributed by atoms with Crippen LogP contribution in [0.5, 0.6) is 5.75 Å². The molecular formula is C13H17Br2NO3. The first-order valence-corrected chi connectivity index (χ1v) is 7.62. The van der Waals surface area contributed by atoms with Gasteiger partial charge in [-0.3, -0.25) is 0 Å². The molecule has 0 heterocycles. The molecule has 1 unspecified atom stereocenters. The Morgan fingerprint density at radius 1 is 1.42 bits per heavy atom. The SMILES string of the molecule is CCCNCc1cc(Br)c(OC(C)C(=O)O)c(Br)c1. The van der Waals surface area contributed by atoms with Crippen molar-refractivity contribution >= 4 is 37.8 Å². The Morgan fingerprint density at radius 3 is 2.47 bits per heavy atom. The third-order valence-electron chi connectivity index (χ3n) is 2.46. The van der Waals surface area contributed by atoms with Gasteiger partial charge in [0.2, 0.25) is 0 Å². The lowest BCUT2D eigenvalue weighted by molar-refractivity contribution is -0.144. The van der Waals surface area contributed by atoms with E-state index in [0.29, 0.717) is 5.75 Å². The molecule has 0 bridgehead atoms. The van der Waals surface area contributed by atoms with Crippen LogP contribution < -0.4 is 10.1 Å². The van der Waals surface area contributed by atoms with Crippen molar-refractivity contribution in [2.45, 2.75) is 32.9 Å². The van der Waals surface area contributed by atoms with Gasteiger partial charge in [0.25, 0.3) is 0 Å². The number of hydrogen-bond acceptors (Lipinski definition) is 3. The predicted octanol–water partition coefficient (Wildman–Crippen LogP) is 3.56. The molecule has 1 rings (SSSR count). The standard InChI is InChI=1S/C13H17Br2NO3/c1-3-4-16-7-9-5-10(14)12(11(15)6-9)19-8(2)13(17)18/h5-6,8,16H,3-4,7H2,1-2H3,(H,17,18). The van der Waals surface area contributed by atoms with Crippen molar-refractivity contribution in [3.05, 3.63) is 26.6 Å². The quantitative estimate of drug-likeness (QED) is 0.694. The lowest BCUT2D eigenvalue weighted by Crippen LogP contribution is -2.23. The summed E-state index contributed by atoms with van der Waals surface area (Å²) in [6.45, 7) is 5.34. The van der Waals surface area contributed by atoms with Crippen LogP contribution in [0.1, 0.15) is 25.8 Å². The number of nitrogens with one attached hydrogen (secondary N) is 1. The van der Waals surface area contributed by atoms with Crippen LogP contribution in [0.25, 0.3) is 0 Å². The molecule has 0 aliphatic heterocycles. The van der Waals surface area contributed by atoms with Crippen LogP contribution in [0.2, 0.25) is 0 Å². The lowest BCUT2D eigenvalue weighted by Gasteiger charge is -2.15. The zero-order valence-electron chi connectivity index (χ0n) is 10.9. The topological polar surface area (TPSA) is 58.6 Å². The fourth-order valence-electron chi connectivity index (χ4n) is 1.46. The Labute approximate surface area is 129 Å². The highest BCUT2D eigenvalue weighted by Crippen LogP contribution is 2.35. The van der Waals surface area contributed by atoms with Crippen LogP contribution in [0.3, 0.4) is 0 Å². The second kappa shape index (κ2) is 7.87. The Hall–Kier alpha value is -0.590. The van der Waals surface area contributed by atoms with E-state index in [4.69, 9.17) is 9.84 Å². The van der Waals surface area contributed by atoms with E-state index in [1.807, 2.05) is 12.1 Å². The van der Waals surface area contributed by atoms with Gasteiger partial charge >= 0.3 is 5.97 Å². The van der Waals surface area contributed by atoms with Crippen LogP contribution in [0.15, 0.2) is 21.1 Å². The largest absolute Gasteiger partial charge is 0.479 e. The van der Waals surface area contributed by atoms with Crippen LogP contribution in [0, 0.1) is 0 Å². The molecule has 2 N–H and O–H groups in total. The van der Waals surface area contributed by atoms with E-state index in [9.17, 15) is 4.79 Å². The molecule has 1 aromatic carbocycles. The van der Waals surface area contributed by atoms with E-state index in [1.165, 1.54) is 6.92 Å². The average molecular weight is 395 g/mol. The Bertz CT molecular complexity index is 429. The Morgan fingerprint density at radius 2 is 2.00 bits per heavy atom. The molecule has 6 heteroatoms. The minimum Gasteiger partial charge on any atom is -0.479 e. The summed E-state index contributed by atoms with van der Waals surface area (Å²) in [7, 11) is 0. The molecule has 0 radical (unpaired) electrons. The van der Waals surface area contributed by atoms with Gasteiger partial charge in [-0.1, -0.05) is 6.92 Å². The zero-order chi connectivity index (χ0) is 14.4. The summed E-state index contributed by atoms with van der Waals surface area (Å²) >= 11 is 6.82. The minimum absolute atomic E-state index is 0.508. The number of carbonyl (C=O) groups is 1. The average Bonchev–Trinajstić information content (AvgIpc) is 2.33. The molecule has 0 saturated carbocycles. The number of halogens is 2. The molecule has 0 fully saturated rings. The number of benzene rings is 1. The smallest absolute Gasteiger partial charge is 0.344 e. The van der Waals surface area contributed by atoms with E-state index in [0.717, 1.165) is 34.0 Å². The van der Waals surface area contributed by atoms with Crippen molar-refractivity contribution in [3.8, 4) is 5.75 Å². The van der Waals surface area contributed by atoms with Crippen LogP contribution in [0.4, 0.5) is 0 Å². The van der Waals surface area contributed by atoms with Gasteiger partial charge in [0.1, 0.15) is 5.75 Å². The fraction of sp³-hybridized carbons (Fsp3) is 0.462. The highest BCUT2D eigenvalue weighted by Gasteiger charge is 2.17. The van der Waals surface area contributed by atoms with Gasteiger partial charge in [0.05, 0.1) is 8.95 Å². The fourth-order valence-corrected chi connectivity index (χ4v) is 2.93. The molecule has 106 valence electrons. The number of aliphatic carboxylic acids is 1. The van der Waals surface area contributed by atoms with E-state index in [1.54, 1.807) is 0 Å². The lowest BCUT2D eigenvalue weighted by atomic mass is 10.2. The molecular weight excluding hydrogens is 378 g/mol. The first kappa shape index (κ1) is 16.5. The predicted molar refractivity (Wildman–Crippen MR) is 81.6 cm³/mol. The summed E-state index contributed by atoms with van der Waals surface area (Å²) in [4.78, 5) is 10.8. The molecule has 0 saturated heterocycles. The molecule has 19 heavy (non-hydrogen) atoms. The molecule has 1 atom stereocenters. The third-order valence-corrected chi connectivity index (χ3v) is 3.63. The van der Waals surface area contributed by atoms with Crippen LogP contribution in [-0.4, -0.2) is 23.7 Å². The van der Waals surface area contributed by atoms with E-state index in [-0.39, 0.29) is 0 Å². The normalized spacial score (nSPS) is 12.2. The second-order valence-corrected chi connectivity index (χ2v) is 5.87. The Kier molecular flexibility index (Phi) is 6.82. The van der Waals surface area contributed by atoms with Crippen molar-refractivity contribution in [1.82, 2.24) is 5.32 Å². The van der Waals surface area contributed by atoms with Gasteiger partial charge in [0, 0.05) is 6.54 Å². The monoisotopic (exact) mass is 393 g/mol. The summed E-state index contributed by atoms with van der Waals surface area (Å²) in [5.74, 6) is -0.485. The van der Waals surface area contributed by atoms with Crippen molar-refractivity contribution in [1.29, 1.82) is 0 Å². The van der Waals surface area contributed by atoms with Gasteiger partial charge < -0.3 is 15.2 Å². The molecule has 4 nitrogen and oxygen atoms in total. The number of ether oxygens (including phenoxy) is 1. The first-order valence-electron chi connectivity index (χ1n) is 6.03. The molecule has 0 aromatic heterocycles. The highest BCUT2D eigenvalue weighted by atomic mass is 79.9. The number of carboxylic acids is 1. The maximum atomic E-state index is 10.8. The van der Waals surface area contributed by atoms with Gasteiger partial charge in [-0.2, -0.15) is 0 Å². The van der Waals surface area contributed by atoms with E-state index < -0.39 is 12.1 Å². The molecule has 0 aliphatic rings. The van der Waals surface area contributed by atoms with Crippen LogP contribution in [-0.2, 0) is 11.3 Å². The summed E-state index contributed by atoms with van der Waals surface area (Å²) in [6, 6.07) is 3.86. The molecule has 0 spiro atoms.